The van der Waals surface area contributed by atoms with Gasteiger partial charge in [-0.3, -0.25) is 4.79 Å². The van der Waals surface area contributed by atoms with Gasteiger partial charge in [0.2, 0.25) is 5.91 Å². The Labute approximate surface area is 141 Å². The fourth-order valence-electron chi connectivity index (χ4n) is 3.45. The second kappa shape index (κ2) is 6.46. The van der Waals surface area contributed by atoms with Crippen molar-refractivity contribution in [3.8, 4) is 0 Å². The number of nitrogens with one attached hydrogen (secondary N) is 1. The van der Waals surface area contributed by atoms with E-state index < -0.39 is 0 Å². The van der Waals surface area contributed by atoms with Crippen LogP contribution in [0, 0.1) is 19.8 Å². The molecule has 1 unspecified atom stereocenters. The zero-order valence-corrected chi connectivity index (χ0v) is 14.4. The van der Waals surface area contributed by atoms with Crippen LogP contribution in [-0.2, 0) is 11.3 Å². The van der Waals surface area contributed by atoms with Crippen LogP contribution < -0.4 is 10.6 Å². The van der Waals surface area contributed by atoms with E-state index in [9.17, 15) is 4.79 Å². The SMILES string of the molecule is Cc1ccc2cc(C[NH+]3CCC[C@H](C(N)=O)C3)c(Cl)nc2c1C. The summed E-state index contributed by atoms with van der Waals surface area (Å²) in [4.78, 5) is 17.4. The maximum atomic E-state index is 11.4. The molecule has 23 heavy (non-hydrogen) atoms. The van der Waals surface area contributed by atoms with E-state index in [1.54, 1.807) is 0 Å². The Balaban J connectivity index is 1.87. The summed E-state index contributed by atoms with van der Waals surface area (Å²) in [6, 6.07) is 6.36. The number of likely N-dealkylation sites (tertiary alicyclic amines) is 1. The highest BCUT2D eigenvalue weighted by Crippen LogP contribution is 2.24. The standard InChI is InChI=1S/C18H22ClN3O/c1-11-5-6-13-8-15(17(19)21-16(13)12(11)2)10-22-7-3-4-14(9-22)18(20)23/h5-6,8,14H,3-4,7,9-10H2,1-2H3,(H2,20,23)/p+1/t14-/m0/s1. The molecule has 5 heteroatoms. The number of quaternary nitrogens is 1. The number of amides is 1. The summed E-state index contributed by atoms with van der Waals surface area (Å²) in [6.45, 7) is 6.79. The lowest BCUT2D eigenvalue weighted by molar-refractivity contribution is -0.921. The second-order valence-corrected chi connectivity index (χ2v) is 7.00. The predicted molar refractivity (Wildman–Crippen MR) is 92.5 cm³/mol. The number of primary amides is 1. The molecule has 1 aromatic carbocycles. The van der Waals surface area contributed by atoms with Crippen molar-refractivity contribution < 1.29 is 9.69 Å². The van der Waals surface area contributed by atoms with E-state index in [1.807, 2.05) is 0 Å². The molecule has 122 valence electrons. The van der Waals surface area contributed by atoms with E-state index >= 15 is 0 Å². The first-order valence-electron chi connectivity index (χ1n) is 8.14. The monoisotopic (exact) mass is 332 g/mol. The van der Waals surface area contributed by atoms with E-state index in [2.05, 4.69) is 37.0 Å². The number of hydrogen-bond donors (Lipinski definition) is 2. The number of hydrogen-bond acceptors (Lipinski definition) is 2. The zero-order valence-electron chi connectivity index (χ0n) is 13.7. The molecule has 1 aliphatic heterocycles. The molecule has 1 amide bonds. The molecule has 3 rings (SSSR count). The molecule has 0 saturated carbocycles. The molecule has 1 aliphatic rings. The van der Waals surface area contributed by atoms with Gasteiger partial charge >= 0.3 is 0 Å². The van der Waals surface area contributed by atoms with Crippen LogP contribution in [0.2, 0.25) is 5.15 Å². The van der Waals surface area contributed by atoms with Crippen LogP contribution in [0.3, 0.4) is 0 Å². The first-order chi connectivity index (χ1) is 11.0. The molecule has 1 saturated heterocycles. The number of halogens is 1. The van der Waals surface area contributed by atoms with Gasteiger partial charge in [0, 0.05) is 10.9 Å². The van der Waals surface area contributed by atoms with Crippen molar-refractivity contribution in [3.63, 3.8) is 0 Å². The van der Waals surface area contributed by atoms with Gasteiger partial charge < -0.3 is 10.6 Å². The van der Waals surface area contributed by atoms with Gasteiger partial charge in [-0.25, -0.2) is 4.98 Å². The highest BCUT2D eigenvalue weighted by molar-refractivity contribution is 6.30. The van der Waals surface area contributed by atoms with Crippen molar-refractivity contribution in [2.75, 3.05) is 13.1 Å². The van der Waals surface area contributed by atoms with E-state index in [0.717, 1.165) is 48.9 Å². The Hall–Kier alpha value is -1.65. The van der Waals surface area contributed by atoms with Gasteiger partial charge in [-0.05, 0) is 43.9 Å². The third-order valence-electron chi connectivity index (χ3n) is 5.00. The van der Waals surface area contributed by atoms with Crippen molar-refractivity contribution in [2.45, 2.75) is 33.2 Å². The normalized spacial score (nSPS) is 21.5. The van der Waals surface area contributed by atoms with Gasteiger partial charge in [0.1, 0.15) is 11.7 Å². The van der Waals surface area contributed by atoms with E-state index in [0.29, 0.717) is 5.15 Å². The van der Waals surface area contributed by atoms with Crippen molar-refractivity contribution in [2.24, 2.45) is 11.7 Å². The summed E-state index contributed by atoms with van der Waals surface area (Å²) < 4.78 is 0. The maximum absolute atomic E-state index is 11.4. The third kappa shape index (κ3) is 3.33. The summed E-state index contributed by atoms with van der Waals surface area (Å²) in [5.41, 5.74) is 9.88. The first-order valence-corrected chi connectivity index (χ1v) is 8.51. The van der Waals surface area contributed by atoms with E-state index in [1.165, 1.54) is 16.0 Å². The van der Waals surface area contributed by atoms with Crippen LogP contribution in [0.4, 0.5) is 0 Å². The number of nitrogens with two attached hydrogens (primary N) is 1. The van der Waals surface area contributed by atoms with E-state index in [-0.39, 0.29) is 11.8 Å². The molecule has 2 aromatic rings. The fourth-order valence-corrected chi connectivity index (χ4v) is 3.66. The number of piperidine rings is 1. The molecule has 2 heterocycles. The highest BCUT2D eigenvalue weighted by atomic mass is 35.5. The summed E-state index contributed by atoms with van der Waals surface area (Å²) in [7, 11) is 0. The van der Waals surface area contributed by atoms with Crippen LogP contribution in [0.15, 0.2) is 18.2 Å². The molecule has 0 spiro atoms. The Bertz CT molecular complexity index is 760. The van der Waals surface area contributed by atoms with Crippen molar-refractivity contribution in [3.05, 3.63) is 40.0 Å². The lowest BCUT2D eigenvalue weighted by Crippen LogP contribution is -3.12. The molecule has 2 atom stereocenters. The number of pyridine rings is 1. The quantitative estimate of drug-likeness (QED) is 0.842. The Morgan fingerprint density at radius 2 is 2.22 bits per heavy atom. The summed E-state index contributed by atoms with van der Waals surface area (Å²) >= 11 is 6.43. The number of aryl methyl sites for hydroxylation is 2. The smallest absolute Gasteiger partial charge is 0.226 e. The van der Waals surface area contributed by atoms with Crippen LogP contribution in [-0.4, -0.2) is 24.0 Å². The first kappa shape index (κ1) is 16.2. The van der Waals surface area contributed by atoms with Crippen molar-refractivity contribution in [1.29, 1.82) is 0 Å². The molecule has 1 fully saturated rings. The molecule has 0 bridgehead atoms. The minimum atomic E-state index is -0.184. The minimum absolute atomic E-state index is 0.0177. The van der Waals surface area contributed by atoms with Gasteiger partial charge in [0.15, 0.2) is 0 Å². The number of aromatic nitrogens is 1. The highest BCUT2D eigenvalue weighted by Gasteiger charge is 2.27. The van der Waals surface area contributed by atoms with Gasteiger partial charge in [-0.2, -0.15) is 0 Å². The van der Waals surface area contributed by atoms with Crippen LogP contribution in [0.1, 0.15) is 29.5 Å². The molecule has 3 N–H and O–H groups in total. The molecule has 0 aliphatic carbocycles. The van der Waals surface area contributed by atoms with E-state index in [4.69, 9.17) is 17.3 Å². The molecule has 4 nitrogen and oxygen atoms in total. The van der Waals surface area contributed by atoms with Crippen LogP contribution in [0.5, 0.6) is 0 Å². The Morgan fingerprint density at radius 1 is 1.43 bits per heavy atom. The number of benzene rings is 1. The van der Waals surface area contributed by atoms with Crippen LogP contribution >= 0.6 is 11.6 Å². The summed E-state index contributed by atoms with van der Waals surface area (Å²) in [5.74, 6) is -0.202. The number of carbonyl (C=O) groups is 1. The third-order valence-corrected chi connectivity index (χ3v) is 5.33. The Morgan fingerprint density at radius 3 is 2.96 bits per heavy atom. The van der Waals surface area contributed by atoms with Crippen molar-refractivity contribution >= 4 is 28.4 Å². The maximum Gasteiger partial charge on any atom is 0.226 e. The summed E-state index contributed by atoms with van der Waals surface area (Å²) in [5, 5.41) is 1.69. The molecule has 1 aromatic heterocycles. The largest absolute Gasteiger partial charge is 0.369 e. The average Bonchev–Trinajstić information content (AvgIpc) is 2.53. The molecule has 0 radical (unpaired) electrons. The molecular formula is C18H23ClN3O+. The van der Waals surface area contributed by atoms with Crippen LogP contribution in [0.25, 0.3) is 10.9 Å². The number of fused-ring (bicyclic) bond motifs is 1. The average molecular weight is 333 g/mol. The fraction of sp³-hybridized carbons (Fsp3) is 0.444. The topological polar surface area (TPSA) is 60.4 Å². The summed E-state index contributed by atoms with van der Waals surface area (Å²) in [6.07, 6.45) is 1.93. The predicted octanol–water partition coefficient (Wildman–Crippen LogP) is 1.79. The lowest BCUT2D eigenvalue weighted by atomic mass is 9.97. The van der Waals surface area contributed by atoms with Gasteiger partial charge in [0.05, 0.1) is 24.5 Å². The van der Waals surface area contributed by atoms with Crippen molar-refractivity contribution in [1.82, 2.24) is 4.98 Å². The van der Waals surface area contributed by atoms with Gasteiger partial charge in [-0.15, -0.1) is 0 Å². The minimum Gasteiger partial charge on any atom is -0.369 e. The van der Waals surface area contributed by atoms with Gasteiger partial charge in [-0.1, -0.05) is 23.7 Å². The molecular weight excluding hydrogens is 310 g/mol. The number of nitrogens with zero attached hydrogens (tertiary/aromatic N) is 1. The zero-order chi connectivity index (χ0) is 16.6. The lowest BCUT2D eigenvalue weighted by Gasteiger charge is -2.28. The van der Waals surface area contributed by atoms with Gasteiger partial charge in [0.25, 0.3) is 0 Å². The Kier molecular flexibility index (Phi) is 4.55. The second-order valence-electron chi connectivity index (χ2n) is 6.64. The number of carbonyl (C=O) groups excluding carboxylic acids is 1. The number of rotatable bonds is 3.